The Bertz CT molecular complexity index is 862. The van der Waals surface area contributed by atoms with Crippen LogP contribution in [-0.2, 0) is 0 Å². The van der Waals surface area contributed by atoms with Crippen LogP contribution in [-0.4, -0.2) is 0 Å². The molecule has 19 heavy (non-hydrogen) atoms. The van der Waals surface area contributed by atoms with Gasteiger partial charge in [-0.2, -0.15) is 0 Å². The van der Waals surface area contributed by atoms with Gasteiger partial charge in [-0.3, -0.25) is 0 Å². The molecule has 0 bridgehead atoms. The summed E-state index contributed by atoms with van der Waals surface area (Å²) < 4.78 is 0. The summed E-state index contributed by atoms with van der Waals surface area (Å²) in [6.07, 6.45) is 0. The van der Waals surface area contributed by atoms with Gasteiger partial charge >= 0.3 is 0 Å². The van der Waals surface area contributed by atoms with Crippen LogP contribution in [0.4, 0.5) is 0 Å². The predicted molar refractivity (Wildman–Crippen MR) is 85.8 cm³/mol. The monoisotopic (exact) mass is 282 g/mol. The van der Waals surface area contributed by atoms with Crippen molar-refractivity contribution in [3.05, 3.63) is 59.0 Å². The fourth-order valence-corrected chi connectivity index (χ4v) is 4.09. The predicted octanol–water partition coefficient (Wildman–Crippen LogP) is 6.03. The van der Waals surface area contributed by atoms with E-state index in [1.54, 1.807) is 11.8 Å². The number of allylic oxidation sites excluding steroid dienone is 1. The minimum Gasteiger partial charge on any atom is -0.0926 e. The SMILES string of the molecule is CC1=C(Cl)c2c3ccccc3cc3cccc(c23)S1. The second-order valence-electron chi connectivity index (χ2n) is 4.80. The van der Waals surface area contributed by atoms with Gasteiger partial charge in [0.2, 0.25) is 0 Å². The fraction of sp³-hybridized carbons (Fsp3) is 0.0588. The lowest BCUT2D eigenvalue weighted by atomic mass is 9.96. The minimum atomic E-state index is 0.894. The van der Waals surface area contributed by atoms with Crippen molar-refractivity contribution in [3.63, 3.8) is 0 Å². The van der Waals surface area contributed by atoms with Gasteiger partial charge in [0.1, 0.15) is 0 Å². The van der Waals surface area contributed by atoms with E-state index in [-0.39, 0.29) is 0 Å². The van der Waals surface area contributed by atoms with E-state index in [1.165, 1.54) is 36.9 Å². The maximum Gasteiger partial charge on any atom is 0.0586 e. The van der Waals surface area contributed by atoms with E-state index in [0.717, 1.165) is 5.03 Å². The average molecular weight is 283 g/mol. The zero-order chi connectivity index (χ0) is 13.0. The molecule has 2 heteroatoms. The molecule has 0 atom stereocenters. The molecule has 0 saturated heterocycles. The van der Waals surface area contributed by atoms with E-state index in [2.05, 4.69) is 55.5 Å². The average Bonchev–Trinajstić information content (AvgIpc) is 2.43. The number of hydrogen-bond donors (Lipinski definition) is 0. The zero-order valence-electron chi connectivity index (χ0n) is 10.4. The third-order valence-electron chi connectivity index (χ3n) is 3.64. The molecule has 0 saturated carbocycles. The van der Waals surface area contributed by atoms with Crippen molar-refractivity contribution in [2.45, 2.75) is 11.8 Å². The van der Waals surface area contributed by atoms with Crippen LogP contribution in [0.3, 0.4) is 0 Å². The third kappa shape index (κ3) is 1.55. The quantitative estimate of drug-likeness (QED) is 0.454. The molecule has 0 N–H and O–H groups in total. The summed E-state index contributed by atoms with van der Waals surface area (Å²) in [6.45, 7) is 2.09. The van der Waals surface area contributed by atoms with Crippen LogP contribution in [0.1, 0.15) is 12.5 Å². The van der Waals surface area contributed by atoms with Crippen LogP contribution >= 0.6 is 23.4 Å². The lowest BCUT2D eigenvalue weighted by Gasteiger charge is -2.20. The van der Waals surface area contributed by atoms with Gasteiger partial charge in [-0.25, -0.2) is 0 Å². The van der Waals surface area contributed by atoms with Gasteiger partial charge in [0, 0.05) is 20.8 Å². The van der Waals surface area contributed by atoms with Crippen molar-refractivity contribution in [1.29, 1.82) is 0 Å². The molecule has 0 aromatic heterocycles. The molecular weight excluding hydrogens is 272 g/mol. The Labute approximate surface area is 121 Å². The van der Waals surface area contributed by atoms with Crippen LogP contribution in [0.2, 0.25) is 0 Å². The van der Waals surface area contributed by atoms with Crippen LogP contribution in [0.15, 0.2) is 58.3 Å². The van der Waals surface area contributed by atoms with Gasteiger partial charge in [-0.1, -0.05) is 59.8 Å². The second kappa shape index (κ2) is 4.03. The van der Waals surface area contributed by atoms with Crippen LogP contribution < -0.4 is 0 Å². The standard InChI is InChI=1S/C17H11ClS/c1-10-17(18)16-13-7-3-2-5-11(13)9-12-6-4-8-14(19-10)15(12)16/h2-9H,1H3. The number of benzene rings is 3. The summed E-state index contributed by atoms with van der Waals surface area (Å²) in [6, 6.07) is 17.2. The maximum atomic E-state index is 6.60. The molecule has 0 nitrogen and oxygen atoms in total. The van der Waals surface area contributed by atoms with Crippen molar-refractivity contribution < 1.29 is 0 Å². The number of hydrogen-bond acceptors (Lipinski definition) is 1. The Morgan fingerprint density at radius 3 is 2.63 bits per heavy atom. The van der Waals surface area contributed by atoms with E-state index in [4.69, 9.17) is 11.6 Å². The fourth-order valence-electron chi connectivity index (χ4n) is 2.79. The summed E-state index contributed by atoms with van der Waals surface area (Å²) >= 11 is 8.37. The van der Waals surface area contributed by atoms with Crippen molar-refractivity contribution in [2.75, 3.05) is 0 Å². The summed E-state index contributed by atoms with van der Waals surface area (Å²) in [5, 5.41) is 5.95. The Morgan fingerprint density at radius 1 is 0.947 bits per heavy atom. The molecule has 1 aliphatic heterocycles. The highest BCUT2D eigenvalue weighted by Crippen LogP contribution is 2.48. The zero-order valence-corrected chi connectivity index (χ0v) is 12.0. The molecule has 0 radical (unpaired) electrons. The lowest BCUT2D eigenvalue weighted by molar-refractivity contribution is 1.51. The first-order valence-electron chi connectivity index (χ1n) is 6.25. The van der Waals surface area contributed by atoms with E-state index < -0.39 is 0 Å². The van der Waals surface area contributed by atoms with E-state index in [9.17, 15) is 0 Å². The van der Waals surface area contributed by atoms with Crippen LogP contribution in [0.25, 0.3) is 26.6 Å². The molecule has 0 spiro atoms. The number of thioether (sulfide) groups is 1. The second-order valence-corrected chi connectivity index (χ2v) is 6.43. The molecule has 0 unspecified atom stereocenters. The highest BCUT2D eigenvalue weighted by atomic mass is 35.5. The highest BCUT2D eigenvalue weighted by Gasteiger charge is 2.20. The molecule has 0 amide bonds. The van der Waals surface area contributed by atoms with E-state index in [1.807, 2.05) is 0 Å². The van der Waals surface area contributed by atoms with Gasteiger partial charge in [0.05, 0.1) is 5.03 Å². The van der Waals surface area contributed by atoms with Gasteiger partial charge in [0.25, 0.3) is 0 Å². The van der Waals surface area contributed by atoms with Gasteiger partial charge < -0.3 is 0 Å². The maximum absolute atomic E-state index is 6.60. The van der Waals surface area contributed by atoms with E-state index in [0.29, 0.717) is 0 Å². The molecule has 1 aliphatic rings. The Hall–Kier alpha value is -1.44. The third-order valence-corrected chi connectivity index (χ3v) is 5.30. The van der Waals surface area contributed by atoms with Crippen molar-refractivity contribution in [2.24, 2.45) is 0 Å². The van der Waals surface area contributed by atoms with Crippen molar-refractivity contribution >= 4 is 49.9 Å². The molecule has 3 aromatic rings. The molecule has 92 valence electrons. The van der Waals surface area contributed by atoms with E-state index >= 15 is 0 Å². The summed E-state index contributed by atoms with van der Waals surface area (Å²) in [7, 11) is 0. The summed E-state index contributed by atoms with van der Waals surface area (Å²) in [5.74, 6) is 0. The topological polar surface area (TPSA) is 0 Å². The molecule has 0 aliphatic carbocycles. The van der Waals surface area contributed by atoms with Crippen molar-refractivity contribution in [3.8, 4) is 0 Å². The Morgan fingerprint density at radius 2 is 1.74 bits per heavy atom. The van der Waals surface area contributed by atoms with Crippen molar-refractivity contribution in [1.82, 2.24) is 0 Å². The molecule has 3 aromatic carbocycles. The number of fused-ring (bicyclic) bond motifs is 2. The van der Waals surface area contributed by atoms with Gasteiger partial charge in [-0.05, 0) is 35.2 Å². The normalized spacial score (nSPS) is 14.4. The Kier molecular flexibility index (Phi) is 2.41. The molecule has 4 rings (SSSR count). The van der Waals surface area contributed by atoms with Crippen LogP contribution in [0, 0.1) is 0 Å². The smallest absolute Gasteiger partial charge is 0.0586 e. The number of halogens is 1. The first-order valence-corrected chi connectivity index (χ1v) is 7.44. The number of rotatable bonds is 0. The Balaban J connectivity index is 2.34. The first-order chi connectivity index (χ1) is 9.25. The molecular formula is C17H11ClS. The minimum absolute atomic E-state index is 0.894. The highest BCUT2D eigenvalue weighted by molar-refractivity contribution is 8.03. The first kappa shape index (κ1) is 11.4. The lowest BCUT2D eigenvalue weighted by Crippen LogP contribution is -1.94. The summed E-state index contributed by atoms with van der Waals surface area (Å²) in [4.78, 5) is 2.48. The van der Waals surface area contributed by atoms with Gasteiger partial charge in [0.15, 0.2) is 0 Å². The molecule has 0 fully saturated rings. The van der Waals surface area contributed by atoms with Gasteiger partial charge in [-0.15, -0.1) is 0 Å². The summed E-state index contributed by atoms with van der Waals surface area (Å²) in [5.41, 5.74) is 1.20. The molecule has 1 heterocycles. The largest absolute Gasteiger partial charge is 0.0926 e. The van der Waals surface area contributed by atoms with Crippen LogP contribution in [0.5, 0.6) is 0 Å².